The highest BCUT2D eigenvalue weighted by molar-refractivity contribution is 9.10. The van der Waals surface area contributed by atoms with Crippen LogP contribution in [0.5, 0.6) is 0 Å². The van der Waals surface area contributed by atoms with Gasteiger partial charge in [-0.25, -0.2) is 4.39 Å². The van der Waals surface area contributed by atoms with Crippen LogP contribution >= 0.6 is 15.9 Å². The second kappa shape index (κ2) is 3.07. The van der Waals surface area contributed by atoms with E-state index >= 15 is 0 Å². The van der Waals surface area contributed by atoms with Crippen molar-refractivity contribution >= 4 is 15.9 Å². The monoisotopic (exact) mass is 244 g/mol. The van der Waals surface area contributed by atoms with E-state index in [-0.39, 0.29) is 11.4 Å². The van der Waals surface area contributed by atoms with Crippen LogP contribution in [0, 0.1) is 5.82 Å². The third kappa shape index (κ3) is 1.51. The molecule has 1 saturated carbocycles. The quantitative estimate of drug-likeness (QED) is 0.777. The van der Waals surface area contributed by atoms with Gasteiger partial charge in [0.25, 0.3) is 0 Å². The summed E-state index contributed by atoms with van der Waals surface area (Å²) in [5, 5.41) is 0. The summed E-state index contributed by atoms with van der Waals surface area (Å²) in [4.78, 5) is 0. The lowest BCUT2D eigenvalue weighted by Gasteiger charge is -2.15. The Bertz CT molecular complexity index is 334. The zero-order valence-corrected chi connectivity index (χ0v) is 8.90. The number of rotatable bonds is 2. The second-order valence-electron chi connectivity index (χ2n) is 3.32. The fourth-order valence-electron chi connectivity index (χ4n) is 1.54. The van der Waals surface area contributed by atoms with Gasteiger partial charge < -0.3 is 4.74 Å². The van der Waals surface area contributed by atoms with Crippen molar-refractivity contribution in [2.24, 2.45) is 0 Å². The third-order valence-corrected chi connectivity index (χ3v) is 3.21. The lowest BCUT2D eigenvalue weighted by molar-refractivity contribution is 0.0780. The molecule has 0 N–H and O–H groups in total. The molecule has 0 saturated heterocycles. The number of methoxy groups -OCH3 is 1. The lowest BCUT2D eigenvalue weighted by atomic mass is 10.1. The van der Waals surface area contributed by atoms with E-state index in [0.29, 0.717) is 0 Å². The first-order chi connectivity index (χ1) is 6.18. The normalized spacial score (nSPS) is 18.7. The Labute approximate surface area is 85.0 Å². The molecule has 0 heterocycles. The maximum Gasteiger partial charge on any atom is 0.123 e. The molecule has 13 heavy (non-hydrogen) atoms. The second-order valence-corrected chi connectivity index (χ2v) is 4.18. The Balaban J connectivity index is 2.44. The van der Waals surface area contributed by atoms with Gasteiger partial charge >= 0.3 is 0 Å². The van der Waals surface area contributed by atoms with E-state index < -0.39 is 0 Å². The third-order valence-electron chi connectivity index (χ3n) is 2.51. The molecular formula is C10H10BrFO. The highest BCUT2D eigenvalue weighted by Crippen LogP contribution is 2.50. The van der Waals surface area contributed by atoms with E-state index in [1.54, 1.807) is 19.2 Å². The van der Waals surface area contributed by atoms with Gasteiger partial charge in [0.2, 0.25) is 0 Å². The molecule has 1 aliphatic carbocycles. The molecule has 1 aromatic carbocycles. The molecule has 3 heteroatoms. The van der Waals surface area contributed by atoms with Gasteiger partial charge in [0.1, 0.15) is 5.82 Å². The van der Waals surface area contributed by atoms with Crippen LogP contribution in [0.25, 0.3) is 0 Å². The standard InChI is InChI=1S/C10H10BrFO/c1-13-10(4-5-10)8-6-7(12)2-3-9(8)11/h2-3,6H,4-5H2,1H3. The first kappa shape index (κ1) is 9.16. The van der Waals surface area contributed by atoms with Gasteiger partial charge in [-0.2, -0.15) is 0 Å². The Morgan fingerprint density at radius 1 is 1.46 bits per heavy atom. The number of benzene rings is 1. The molecule has 1 aliphatic rings. The van der Waals surface area contributed by atoms with Crippen molar-refractivity contribution in [1.29, 1.82) is 0 Å². The van der Waals surface area contributed by atoms with Crippen LogP contribution < -0.4 is 0 Å². The molecule has 0 atom stereocenters. The molecule has 70 valence electrons. The van der Waals surface area contributed by atoms with Crippen LogP contribution in [0.4, 0.5) is 4.39 Å². The molecule has 0 amide bonds. The van der Waals surface area contributed by atoms with E-state index in [1.165, 1.54) is 6.07 Å². The van der Waals surface area contributed by atoms with Gasteiger partial charge in [0.15, 0.2) is 0 Å². The van der Waals surface area contributed by atoms with E-state index in [2.05, 4.69) is 15.9 Å². The van der Waals surface area contributed by atoms with Crippen molar-refractivity contribution in [1.82, 2.24) is 0 Å². The predicted molar refractivity (Wildman–Crippen MR) is 52.0 cm³/mol. The lowest BCUT2D eigenvalue weighted by Crippen LogP contribution is -2.09. The van der Waals surface area contributed by atoms with Gasteiger partial charge in [-0.1, -0.05) is 15.9 Å². The number of hydrogen-bond acceptors (Lipinski definition) is 1. The Morgan fingerprint density at radius 2 is 2.15 bits per heavy atom. The molecular weight excluding hydrogens is 235 g/mol. The molecule has 0 radical (unpaired) electrons. The highest BCUT2D eigenvalue weighted by atomic mass is 79.9. The molecule has 2 rings (SSSR count). The summed E-state index contributed by atoms with van der Waals surface area (Å²) >= 11 is 3.40. The van der Waals surface area contributed by atoms with Crippen molar-refractivity contribution in [3.05, 3.63) is 34.1 Å². The molecule has 0 aliphatic heterocycles. The van der Waals surface area contributed by atoms with Crippen LogP contribution in [0.15, 0.2) is 22.7 Å². The Kier molecular flexibility index (Phi) is 2.16. The molecule has 1 nitrogen and oxygen atoms in total. The molecule has 1 fully saturated rings. The van der Waals surface area contributed by atoms with Crippen LogP contribution in [-0.4, -0.2) is 7.11 Å². The van der Waals surface area contributed by atoms with Crippen LogP contribution in [0.2, 0.25) is 0 Å². The number of ether oxygens (including phenoxy) is 1. The molecule has 0 aromatic heterocycles. The van der Waals surface area contributed by atoms with Gasteiger partial charge in [-0.05, 0) is 31.0 Å². The van der Waals surface area contributed by atoms with Gasteiger partial charge in [0, 0.05) is 17.1 Å². The van der Waals surface area contributed by atoms with Gasteiger partial charge in [-0.15, -0.1) is 0 Å². The van der Waals surface area contributed by atoms with Crippen LogP contribution in [-0.2, 0) is 10.3 Å². The van der Waals surface area contributed by atoms with Crippen LogP contribution in [0.3, 0.4) is 0 Å². The zero-order valence-electron chi connectivity index (χ0n) is 7.31. The summed E-state index contributed by atoms with van der Waals surface area (Å²) in [5.41, 5.74) is 0.705. The molecule has 0 bridgehead atoms. The maximum absolute atomic E-state index is 13.0. The minimum absolute atomic E-state index is 0.207. The molecule has 0 unspecified atom stereocenters. The average Bonchev–Trinajstić information content (AvgIpc) is 2.90. The Morgan fingerprint density at radius 3 is 2.69 bits per heavy atom. The SMILES string of the molecule is COC1(c2cc(F)ccc2Br)CC1. The fraction of sp³-hybridized carbons (Fsp3) is 0.400. The minimum atomic E-state index is -0.221. The van der Waals surface area contributed by atoms with Crippen molar-refractivity contribution in [3.8, 4) is 0 Å². The summed E-state index contributed by atoms with van der Waals surface area (Å²) in [6, 6.07) is 4.71. The summed E-state index contributed by atoms with van der Waals surface area (Å²) in [5.74, 6) is -0.207. The van der Waals surface area contributed by atoms with Crippen molar-refractivity contribution < 1.29 is 9.13 Å². The van der Waals surface area contributed by atoms with Gasteiger partial charge in [-0.3, -0.25) is 0 Å². The summed E-state index contributed by atoms with van der Waals surface area (Å²) in [6.45, 7) is 0. The smallest absolute Gasteiger partial charge is 0.123 e. The average molecular weight is 245 g/mol. The van der Waals surface area contributed by atoms with E-state index in [9.17, 15) is 4.39 Å². The van der Waals surface area contributed by atoms with E-state index in [1.807, 2.05) is 0 Å². The number of halogens is 2. The molecule has 1 aromatic rings. The number of hydrogen-bond donors (Lipinski definition) is 0. The largest absolute Gasteiger partial charge is 0.373 e. The summed E-state index contributed by atoms with van der Waals surface area (Å²) < 4.78 is 19.3. The molecule has 0 spiro atoms. The fourth-order valence-corrected chi connectivity index (χ4v) is 2.15. The van der Waals surface area contributed by atoms with Crippen LogP contribution in [0.1, 0.15) is 18.4 Å². The maximum atomic E-state index is 13.0. The highest BCUT2D eigenvalue weighted by Gasteiger charge is 2.46. The Hall–Kier alpha value is -0.410. The first-order valence-corrected chi connectivity index (χ1v) is 4.98. The van der Waals surface area contributed by atoms with Gasteiger partial charge in [0.05, 0.1) is 5.60 Å². The van der Waals surface area contributed by atoms with Crippen molar-refractivity contribution in [3.63, 3.8) is 0 Å². The topological polar surface area (TPSA) is 9.23 Å². The zero-order chi connectivity index (χ0) is 9.47. The summed E-state index contributed by atoms with van der Waals surface area (Å²) in [7, 11) is 1.67. The van der Waals surface area contributed by atoms with E-state index in [0.717, 1.165) is 22.9 Å². The van der Waals surface area contributed by atoms with E-state index in [4.69, 9.17) is 4.74 Å². The van der Waals surface area contributed by atoms with Crippen molar-refractivity contribution in [2.75, 3.05) is 7.11 Å². The summed E-state index contributed by atoms with van der Waals surface area (Å²) in [6.07, 6.45) is 1.96. The first-order valence-electron chi connectivity index (χ1n) is 4.19. The minimum Gasteiger partial charge on any atom is -0.373 e. The predicted octanol–water partition coefficient (Wildman–Crippen LogP) is 3.22. The van der Waals surface area contributed by atoms with Crippen molar-refractivity contribution in [2.45, 2.75) is 18.4 Å².